The van der Waals surface area contributed by atoms with E-state index in [9.17, 15) is 0 Å². The van der Waals surface area contributed by atoms with Crippen molar-refractivity contribution in [1.29, 1.82) is 0 Å². The Hall–Kier alpha value is -2.29. The number of nitrogens with two attached hydrogens (primary N) is 1. The molecular formula is C12H16N6. The van der Waals surface area contributed by atoms with E-state index in [0.717, 1.165) is 32.1 Å². The molecule has 1 aliphatic heterocycles. The second kappa shape index (κ2) is 5.87. The van der Waals surface area contributed by atoms with Gasteiger partial charge in [-0.3, -0.25) is 0 Å². The van der Waals surface area contributed by atoms with Crippen molar-refractivity contribution < 1.29 is 0 Å². The maximum Gasteiger partial charge on any atom is 0.225 e. The quantitative estimate of drug-likeness (QED) is 0.433. The molecule has 0 bridgehead atoms. The Morgan fingerprint density at radius 2 is 2.00 bits per heavy atom. The molecule has 2 N–H and O–H groups in total. The molecule has 0 radical (unpaired) electrons. The monoisotopic (exact) mass is 244 g/mol. The molecule has 0 saturated carbocycles. The Bertz CT molecular complexity index is 441. The van der Waals surface area contributed by atoms with Gasteiger partial charge in [0, 0.05) is 38.6 Å². The lowest BCUT2D eigenvalue weighted by Gasteiger charge is -2.35. The molecule has 2 rings (SSSR count). The number of hydrogen-bond acceptors (Lipinski definition) is 4. The van der Waals surface area contributed by atoms with Crippen LogP contribution in [0.1, 0.15) is 0 Å². The van der Waals surface area contributed by atoms with Crippen molar-refractivity contribution in [1.82, 2.24) is 14.9 Å². The van der Waals surface area contributed by atoms with E-state index in [1.54, 1.807) is 12.4 Å². The predicted molar refractivity (Wildman–Crippen MR) is 71.1 cm³/mol. The molecule has 18 heavy (non-hydrogen) atoms. The van der Waals surface area contributed by atoms with Crippen LogP contribution < -0.4 is 10.6 Å². The number of terminal acetylenes is 1. The first-order valence-electron chi connectivity index (χ1n) is 5.81. The molecule has 0 amide bonds. The van der Waals surface area contributed by atoms with Crippen LogP contribution in [0.4, 0.5) is 5.95 Å². The summed E-state index contributed by atoms with van der Waals surface area (Å²) in [5, 5.41) is 0. The Morgan fingerprint density at radius 1 is 1.33 bits per heavy atom. The zero-order valence-electron chi connectivity index (χ0n) is 10.2. The van der Waals surface area contributed by atoms with E-state index < -0.39 is 0 Å². The molecule has 1 aliphatic rings. The predicted octanol–water partition coefficient (Wildman–Crippen LogP) is -0.453. The van der Waals surface area contributed by atoms with Crippen LogP contribution in [0.25, 0.3) is 0 Å². The lowest BCUT2D eigenvalue weighted by Crippen LogP contribution is -2.51. The molecule has 94 valence electrons. The van der Waals surface area contributed by atoms with Gasteiger partial charge in [-0.1, -0.05) is 5.92 Å². The fourth-order valence-electron chi connectivity index (χ4n) is 1.82. The molecule has 6 nitrogen and oxygen atoms in total. The van der Waals surface area contributed by atoms with E-state index in [-0.39, 0.29) is 0 Å². The first-order chi connectivity index (χ1) is 8.81. The molecule has 0 spiro atoms. The highest BCUT2D eigenvalue weighted by Gasteiger charge is 2.19. The van der Waals surface area contributed by atoms with Crippen molar-refractivity contribution in [2.24, 2.45) is 10.7 Å². The average molecular weight is 244 g/mol. The number of aliphatic imine (C=N–C) groups is 1. The summed E-state index contributed by atoms with van der Waals surface area (Å²) in [6.45, 7) is 3.59. The zero-order chi connectivity index (χ0) is 12.8. The van der Waals surface area contributed by atoms with E-state index >= 15 is 0 Å². The van der Waals surface area contributed by atoms with Gasteiger partial charge in [0.1, 0.15) is 6.54 Å². The fourth-order valence-corrected chi connectivity index (χ4v) is 1.82. The molecule has 6 heteroatoms. The maximum absolute atomic E-state index is 5.85. The largest absolute Gasteiger partial charge is 0.370 e. The molecule has 0 unspecified atom stereocenters. The standard InChI is InChI=1S/C12H16N6/c1-2-4-14-11(13)17-7-9-18(10-8-17)12-15-5-3-6-16-12/h1,3,5-6H,4,7-10H2,(H2,13,14). The minimum absolute atomic E-state index is 0.327. The summed E-state index contributed by atoms with van der Waals surface area (Å²) in [5.74, 6) is 3.72. The molecule has 1 aromatic rings. The number of piperazine rings is 1. The van der Waals surface area contributed by atoms with E-state index in [4.69, 9.17) is 12.2 Å². The van der Waals surface area contributed by atoms with Gasteiger partial charge < -0.3 is 15.5 Å². The molecule has 1 aromatic heterocycles. The molecule has 1 saturated heterocycles. The van der Waals surface area contributed by atoms with Crippen molar-refractivity contribution in [3.05, 3.63) is 18.5 Å². The lowest BCUT2D eigenvalue weighted by molar-refractivity contribution is 0.378. The fraction of sp³-hybridized carbons (Fsp3) is 0.417. The first kappa shape index (κ1) is 12.2. The molecule has 2 heterocycles. The van der Waals surface area contributed by atoms with Gasteiger partial charge in [-0.25, -0.2) is 15.0 Å². The summed E-state index contributed by atoms with van der Waals surface area (Å²) in [5.41, 5.74) is 5.85. The van der Waals surface area contributed by atoms with Crippen molar-refractivity contribution in [2.45, 2.75) is 0 Å². The van der Waals surface area contributed by atoms with E-state index in [2.05, 4.69) is 25.8 Å². The van der Waals surface area contributed by atoms with E-state index in [1.807, 2.05) is 11.0 Å². The normalized spacial score (nSPS) is 16.5. The van der Waals surface area contributed by atoms with Crippen molar-refractivity contribution >= 4 is 11.9 Å². The van der Waals surface area contributed by atoms with Crippen LogP contribution in [0, 0.1) is 12.3 Å². The lowest BCUT2D eigenvalue weighted by atomic mass is 10.3. The van der Waals surface area contributed by atoms with Crippen molar-refractivity contribution in [2.75, 3.05) is 37.6 Å². The van der Waals surface area contributed by atoms with Gasteiger partial charge in [-0.2, -0.15) is 0 Å². The van der Waals surface area contributed by atoms with Gasteiger partial charge in [0.05, 0.1) is 0 Å². The van der Waals surface area contributed by atoms with Crippen molar-refractivity contribution in [3.63, 3.8) is 0 Å². The summed E-state index contributed by atoms with van der Waals surface area (Å²) in [4.78, 5) is 16.7. The van der Waals surface area contributed by atoms with Crippen LogP contribution in [-0.2, 0) is 0 Å². The average Bonchev–Trinajstić information content (AvgIpc) is 2.46. The van der Waals surface area contributed by atoms with Gasteiger partial charge in [-0.15, -0.1) is 6.42 Å². The highest BCUT2D eigenvalue weighted by molar-refractivity contribution is 5.78. The highest BCUT2D eigenvalue weighted by Crippen LogP contribution is 2.09. The minimum atomic E-state index is 0.327. The second-order valence-electron chi connectivity index (χ2n) is 3.90. The first-order valence-corrected chi connectivity index (χ1v) is 5.81. The molecular weight excluding hydrogens is 228 g/mol. The Labute approximate surface area is 107 Å². The van der Waals surface area contributed by atoms with E-state index in [1.165, 1.54) is 0 Å². The smallest absolute Gasteiger partial charge is 0.225 e. The molecule has 0 atom stereocenters. The van der Waals surface area contributed by atoms with Gasteiger partial charge in [0.15, 0.2) is 5.96 Å². The van der Waals surface area contributed by atoms with Gasteiger partial charge in [0.25, 0.3) is 0 Å². The molecule has 1 fully saturated rings. The van der Waals surface area contributed by atoms with Crippen molar-refractivity contribution in [3.8, 4) is 12.3 Å². The van der Waals surface area contributed by atoms with E-state index in [0.29, 0.717) is 12.5 Å². The number of aromatic nitrogens is 2. The van der Waals surface area contributed by atoms with Crippen LogP contribution in [0.5, 0.6) is 0 Å². The summed E-state index contributed by atoms with van der Waals surface area (Å²) < 4.78 is 0. The van der Waals surface area contributed by atoms with Gasteiger partial charge in [0.2, 0.25) is 5.95 Å². The number of guanidine groups is 1. The number of nitrogens with zero attached hydrogens (tertiary/aromatic N) is 5. The second-order valence-corrected chi connectivity index (χ2v) is 3.90. The SMILES string of the molecule is C#CCN=C(N)N1CCN(c2ncccn2)CC1. The molecule has 0 aromatic carbocycles. The van der Waals surface area contributed by atoms with Gasteiger partial charge >= 0.3 is 0 Å². The minimum Gasteiger partial charge on any atom is -0.370 e. The summed E-state index contributed by atoms with van der Waals surface area (Å²) in [6.07, 6.45) is 8.64. The van der Waals surface area contributed by atoms with Crippen LogP contribution in [0.2, 0.25) is 0 Å². The third-order valence-corrected chi connectivity index (χ3v) is 2.77. The Balaban J connectivity index is 1.91. The summed E-state index contributed by atoms with van der Waals surface area (Å²) >= 11 is 0. The molecule has 0 aliphatic carbocycles. The number of hydrogen-bond donors (Lipinski definition) is 1. The topological polar surface area (TPSA) is 70.6 Å². The maximum atomic E-state index is 5.85. The zero-order valence-corrected chi connectivity index (χ0v) is 10.2. The van der Waals surface area contributed by atoms with Crippen LogP contribution in [0.15, 0.2) is 23.5 Å². The van der Waals surface area contributed by atoms with Crippen LogP contribution in [0.3, 0.4) is 0 Å². The third-order valence-electron chi connectivity index (χ3n) is 2.77. The number of rotatable bonds is 2. The highest BCUT2D eigenvalue weighted by atomic mass is 15.3. The third kappa shape index (κ3) is 2.88. The summed E-state index contributed by atoms with van der Waals surface area (Å²) in [7, 11) is 0. The summed E-state index contributed by atoms with van der Waals surface area (Å²) in [6, 6.07) is 1.81. The Morgan fingerprint density at radius 3 is 2.61 bits per heavy atom. The number of anilines is 1. The Kier molecular flexibility index (Phi) is 3.97. The van der Waals surface area contributed by atoms with Crippen LogP contribution in [-0.4, -0.2) is 53.6 Å². The van der Waals surface area contributed by atoms with Gasteiger partial charge in [-0.05, 0) is 6.07 Å². The van der Waals surface area contributed by atoms with Crippen LogP contribution >= 0.6 is 0 Å².